The molecule has 0 saturated heterocycles. The van der Waals surface area contributed by atoms with Crippen LogP contribution in [-0.2, 0) is 19.9 Å². The average molecular weight is 271 g/mol. The average Bonchev–Trinajstić information content (AvgIpc) is 2.86. The largest absolute Gasteiger partial charge is 0.317 e. The van der Waals surface area contributed by atoms with Crippen LogP contribution in [0, 0.1) is 6.92 Å². The third-order valence-electron chi connectivity index (χ3n) is 3.98. The molecule has 0 spiro atoms. The zero-order chi connectivity index (χ0) is 14.4. The number of hydrogen-bond donors (Lipinski definition) is 1. The second kappa shape index (κ2) is 7.25. The van der Waals surface area contributed by atoms with E-state index >= 15 is 0 Å². The van der Waals surface area contributed by atoms with Crippen LogP contribution in [0.3, 0.4) is 0 Å². The normalized spacial score (nSPS) is 12.6. The van der Waals surface area contributed by atoms with E-state index in [2.05, 4.69) is 54.7 Å². The van der Waals surface area contributed by atoms with Gasteiger partial charge in [-0.3, -0.25) is 4.68 Å². The van der Waals surface area contributed by atoms with Crippen molar-refractivity contribution in [2.45, 2.75) is 38.6 Å². The molecule has 0 aliphatic carbocycles. The van der Waals surface area contributed by atoms with Crippen molar-refractivity contribution in [2.24, 2.45) is 7.05 Å². The second-order valence-electron chi connectivity index (χ2n) is 5.49. The standard InChI is InChI=1S/C17H25N3/c1-14-4-6-15(7-5-14)8-9-16(18-2)10-11-17-12-13-19-20(17)3/h4-7,12-13,16,18H,8-11H2,1-3H3. The molecule has 0 amide bonds. The lowest BCUT2D eigenvalue weighted by Crippen LogP contribution is -2.26. The summed E-state index contributed by atoms with van der Waals surface area (Å²) in [6, 6.07) is 11.5. The van der Waals surface area contributed by atoms with Crippen LogP contribution in [0.2, 0.25) is 0 Å². The summed E-state index contributed by atoms with van der Waals surface area (Å²) < 4.78 is 1.96. The fourth-order valence-electron chi connectivity index (χ4n) is 2.50. The maximum atomic E-state index is 4.22. The Kier molecular flexibility index (Phi) is 5.36. The van der Waals surface area contributed by atoms with Gasteiger partial charge in [-0.05, 0) is 51.3 Å². The second-order valence-corrected chi connectivity index (χ2v) is 5.49. The van der Waals surface area contributed by atoms with Crippen molar-refractivity contribution in [3.63, 3.8) is 0 Å². The first kappa shape index (κ1) is 14.8. The molecule has 1 atom stereocenters. The van der Waals surface area contributed by atoms with Gasteiger partial charge in [0.2, 0.25) is 0 Å². The molecule has 0 radical (unpaired) electrons. The summed E-state index contributed by atoms with van der Waals surface area (Å²) >= 11 is 0. The van der Waals surface area contributed by atoms with Gasteiger partial charge in [-0.2, -0.15) is 5.10 Å². The topological polar surface area (TPSA) is 29.9 Å². The summed E-state index contributed by atoms with van der Waals surface area (Å²) in [7, 11) is 4.07. The van der Waals surface area contributed by atoms with Crippen LogP contribution in [0.4, 0.5) is 0 Å². The molecule has 1 heterocycles. The van der Waals surface area contributed by atoms with E-state index < -0.39 is 0 Å². The van der Waals surface area contributed by atoms with Crippen LogP contribution in [0.15, 0.2) is 36.5 Å². The molecular formula is C17H25N3. The van der Waals surface area contributed by atoms with Crippen molar-refractivity contribution >= 4 is 0 Å². The first-order chi connectivity index (χ1) is 9.69. The predicted molar refractivity (Wildman–Crippen MR) is 83.9 cm³/mol. The van der Waals surface area contributed by atoms with E-state index in [9.17, 15) is 0 Å². The highest BCUT2D eigenvalue weighted by Gasteiger charge is 2.08. The van der Waals surface area contributed by atoms with Crippen molar-refractivity contribution in [3.05, 3.63) is 53.3 Å². The van der Waals surface area contributed by atoms with E-state index in [0.29, 0.717) is 6.04 Å². The Morgan fingerprint density at radius 2 is 1.80 bits per heavy atom. The lowest BCUT2D eigenvalue weighted by molar-refractivity contribution is 0.482. The van der Waals surface area contributed by atoms with Gasteiger partial charge in [0, 0.05) is 25.0 Å². The summed E-state index contributed by atoms with van der Waals surface area (Å²) in [6.45, 7) is 2.13. The van der Waals surface area contributed by atoms with Gasteiger partial charge in [0.1, 0.15) is 0 Å². The molecule has 0 aliphatic rings. The minimum absolute atomic E-state index is 0.561. The van der Waals surface area contributed by atoms with Crippen molar-refractivity contribution in [2.75, 3.05) is 7.05 Å². The van der Waals surface area contributed by atoms with Gasteiger partial charge in [-0.15, -0.1) is 0 Å². The highest BCUT2D eigenvalue weighted by Crippen LogP contribution is 2.11. The number of hydrogen-bond acceptors (Lipinski definition) is 2. The van der Waals surface area contributed by atoms with Gasteiger partial charge in [-0.1, -0.05) is 29.8 Å². The molecule has 20 heavy (non-hydrogen) atoms. The first-order valence-electron chi connectivity index (χ1n) is 7.38. The van der Waals surface area contributed by atoms with E-state index in [1.54, 1.807) is 0 Å². The van der Waals surface area contributed by atoms with E-state index in [0.717, 1.165) is 19.3 Å². The lowest BCUT2D eigenvalue weighted by Gasteiger charge is -2.16. The lowest BCUT2D eigenvalue weighted by atomic mass is 10.0. The molecule has 3 nitrogen and oxygen atoms in total. The Bertz CT molecular complexity index is 513. The Balaban J connectivity index is 1.80. The van der Waals surface area contributed by atoms with Crippen LogP contribution in [-0.4, -0.2) is 22.9 Å². The molecule has 0 saturated carbocycles. The smallest absolute Gasteiger partial charge is 0.0492 e. The minimum atomic E-state index is 0.561. The quantitative estimate of drug-likeness (QED) is 0.839. The molecule has 1 N–H and O–H groups in total. The summed E-state index contributed by atoms with van der Waals surface area (Å²) in [5.74, 6) is 0. The van der Waals surface area contributed by atoms with Crippen LogP contribution in [0.25, 0.3) is 0 Å². The molecule has 0 fully saturated rings. The first-order valence-corrected chi connectivity index (χ1v) is 7.38. The van der Waals surface area contributed by atoms with Crippen molar-refractivity contribution in [1.29, 1.82) is 0 Å². The fourth-order valence-corrected chi connectivity index (χ4v) is 2.50. The maximum Gasteiger partial charge on any atom is 0.0492 e. The molecule has 2 aromatic rings. The maximum absolute atomic E-state index is 4.22. The van der Waals surface area contributed by atoms with Gasteiger partial charge in [0.15, 0.2) is 0 Å². The van der Waals surface area contributed by atoms with Gasteiger partial charge in [0.05, 0.1) is 0 Å². The molecule has 108 valence electrons. The van der Waals surface area contributed by atoms with Crippen molar-refractivity contribution < 1.29 is 0 Å². The van der Waals surface area contributed by atoms with Gasteiger partial charge < -0.3 is 5.32 Å². The van der Waals surface area contributed by atoms with Gasteiger partial charge in [-0.25, -0.2) is 0 Å². The summed E-state index contributed by atoms with van der Waals surface area (Å²) in [6.07, 6.45) is 6.42. The Morgan fingerprint density at radius 3 is 2.40 bits per heavy atom. The van der Waals surface area contributed by atoms with E-state index in [1.807, 2.05) is 17.9 Å². The highest BCUT2D eigenvalue weighted by atomic mass is 15.2. The van der Waals surface area contributed by atoms with Gasteiger partial charge >= 0.3 is 0 Å². The Labute approximate surface area is 122 Å². The van der Waals surface area contributed by atoms with Crippen molar-refractivity contribution in [1.82, 2.24) is 15.1 Å². The summed E-state index contributed by atoms with van der Waals surface area (Å²) in [5, 5.41) is 7.65. The number of rotatable bonds is 7. The van der Waals surface area contributed by atoms with E-state index in [1.165, 1.54) is 23.2 Å². The molecule has 0 bridgehead atoms. The number of aryl methyl sites for hydroxylation is 4. The summed E-state index contributed by atoms with van der Waals surface area (Å²) in [4.78, 5) is 0. The number of nitrogens with one attached hydrogen (secondary N) is 1. The van der Waals surface area contributed by atoms with Crippen molar-refractivity contribution in [3.8, 4) is 0 Å². The number of nitrogens with zero attached hydrogens (tertiary/aromatic N) is 2. The van der Waals surface area contributed by atoms with E-state index in [-0.39, 0.29) is 0 Å². The van der Waals surface area contributed by atoms with Crippen LogP contribution >= 0.6 is 0 Å². The third-order valence-corrected chi connectivity index (χ3v) is 3.98. The molecule has 1 aromatic heterocycles. The molecule has 3 heteroatoms. The Hall–Kier alpha value is -1.61. The van der Waals surface area contributed by atoms with Crippen LogP contribution < -0.4 is 5.32 Å². The van der Waals surface area contributed by atoms with Gasteiger partial charge in [0.25, 0.3) is 0 Å². The third kappa shape index (κ3) is 4.20. The zero-order valence-corrected chi connectivity index (χ0v) is 12.8. The molecule has 1 aromatic carbocycles. The van der Waals surface area contributed by atoms with E-state index in [4.69, 9.17) is 0 Å². The molecular weight excluding hydrogens is 246 g/mol. The SMILES string of the molecule is CNC(CCc1ccc(C)cc1)CCc1ccnn1C. The molecule has 0 aliphatic heterocycles. The minimum Gasteiger partial charge on any atom is -0.317 e. The number of benzene rings is 1. The van der Waals surface area contributed by atoms with Crippen LogP contribution in [0.1, 0.15) is 29.7 Å². The molecule has 1 unspecified atom stereocenters. The number of aromatic nitrogens is 2. The fraction of sp³-hybridized carbons (Fsp3) is 0.471. The van der Waals surface area contributed by atoms with Crippen LogP contribution in [0.5, 0.6) is 0 Å². The summed E-state index contributed by atoms with van der Waals surface area (Å²) in [5.41, 5.74) is 4.06. The predicted octanol–water partition coefficient (Wildman–Crippen LogP) is 2.88. The Morgan fingerprint density at radius 1 is 1.10 bits per heavy atom. The molecule has 2 rings (SSSR count). The highest BCUT2D eigenvalue weighted by molar-refractivity contribution is 5.21. The monoisotopic (exact) mass is 271 g/mol. The zero-order valence-electron chi connectivity index (χ0n) is 12.8.